The van der Waals surface area contributed by atoms with Gasteiger partial charge in [-0.2, -0.15) is 0 Å². The third-order valence-corrected chi connectivity index (χ3v) is 5.65. The van der Waals surface area contributed by atoms with Crippen molar-refractivity contribution in [3.05, 3.63) is 82.0 Å². The Morgan fingerprint density at radius 3 is 2.57 bits per heavy atom. The van der Waals surface area contributed by atoms with Gasteiger partial charge in [0.2, 0.25) is 0 Å². The number of fused-ring (bicyclic) bond motifs is 1. The molecule has 1 aromatic carbocycles. The Kier molecular flexibility index (Phi) is 5.12. The predicted molar refractivity (Wildman–Crippen MR) is 123 cm³/mol. The second-order valence-electron chi connectivity index (χ2n) is 7.51. The fourth-order valence-corrected chi connectivity index (χ4v) is 4.19. The van der Waals surface area contributed by atoms with E-state index in [1.54, 1.807) is 0 Å². The van der Waals surface area contributed by atoms with Crippen LogP contribution in [-0.2, 0) is 0 Å². The molecule has 7 heteroatoms. The van der Waals surface area contributed by atoms with Crippen molar-refractivity contribution in [2.75, 3.05) is 11.4 Å². The molecular weight excluding hydrogens is 396 g/mol. The Labute approximate surface area is 181 Å². The summed E-state index contributed by atoms with van der Waals surface area (Å²) in [4.78, 5) is 6.94. The molecule has 0 aliphatic carbocycles. The Balaban J connectivity index is 1.99. The first-order valence-electron chi connectivity index (χ1n) is 9.90. The van der Waals surface area contributed by atoms with Crippen molar-refractivity contribution < 1.29 is 0 Å². The summed E-state index contributed by atoms with van der Waals surface area (Å²) >= 11 is 6.16. The minimum absolute atomic E-state index is 0.154. The number of pyridine rings is 1. The highest BCUT2D eigenvalue weighted by atomic mass is 35.5. The average molecular weight is 421 g/mol. The molecule has 30 heavy (non-hydrogen) atoms. The molecule has 1 aliphatic rings. The molecule has 2 aromatic heterocycles. The maximum Gasteiger partial charge on any atom is 0.163 e. The molecule has 6 nitrogen and oxygen atoms in total. The van der Waals surface area contributed by atoms with Gasteiger partial charge in [0.25, 0.3) is 0 Å². The SMILES string of the molecule is C=C1C(=NCC)C(=C(C)N)C(c2ccc(Cl)cc2)N1c1cc(C)c2nnc(C)n2c1. The summed E-state index contributed by atoms with van der Waals surface area (Å²) in [6, 6.07) is 9.80. The van der Waals surface area contributed by atoms with Crippen molar-refractivity contribution in [3.63, 3.8) is 0 Å². The topological polar surface area (TPSA) is 71.8 Å². The van der Waals surface area contributed by atoms with Crippen LogP contribution in [0.5, 0.6) is 0 Å². The number of benzene rings is 1. The fraction of sp³-hybridized carbons (Fsp3) is 0.261. The second-order valence-corrected chi connectivity index (χ2v) is 7.95. The van der Waals surface area contributed by atoms with Crippen LogP contribution in [0.4, 0.5) is 5.69 Å². The Morgan fingerprint density at radius 2 is 1.93 bits per heavy atom. The summed E-state index contributed by atoms with van der Waals surface area (Å²) in [6.07, 6.45) is 2.05. The summed E-state index contributed by atoms with van der Waals surface area (Å²) < 4.78 is 2.00. The summed E-state index contributed by atoms with van der Waals surface area (Å²) in [5.74, 6) is 0.830. The number of rotatable bonds is 3. The van der Waals surface area contributed by atoms with Gasteiger partial charge < -0.3 is 10.6 Å². The lowest BCUT2D eigenvalue weighted by Crippen LogP contribution is -2.23. The quantitative estimate of drug-likeness (QED) is 0.662. The number of allylic oxidation sites excluding steroid dienone is 2. The first-order chi connectivity index (χ1) is 14.3. The molecule has 3 heterocycles. The Hall–Kier alpha value is -3.12. The molecule has 0 amide bonds. The molecular formula is C23H25ClN6. The number of halogens is 1. The van der Waals surface area contributed by atoms with Crippen molar-refractivity contribution in [1.82, 2.24) is 14.6 Å². The van der Waals surface area contributed by atoms with E-state index >= 15 is 0 Å². The second kappa shape index (κ2) is 7.61. The third-order valence-electron chi connectivity index (χ3n) is 5.40. The maximum absolute atomic E-state index is 6.39. The predicted octanol–water partition coefficient (Wildman–Crippen LogP) is 4.77. The molecule has 3 aromatic rings. The van der Waals surface area contributed by atoms with Gasteiger partial charge in [-0.3, -0.25) is 9.39 Å². The number of nitrogens with two attached hydrogens (primary N) is 1. The smallest absolute Gasteiger partial charge is 0.163 e. The summed E-state index contributed by atoms with van der Waals surface area (Å²) in [7, 11) is 0. The lowest BCUT2D eigenvalue weighted by molar-refractivity contribution is 0.828. The molecule has 1 aliphatic heterocycles. The van der Waals surface area contributed by atoms with E-state index in [1.165, 1.54) is 0 Å². The zero-order chi connectivity index (χ0) is 21.6. The number of nitrogens with zero attached hydrogens (tertiary/aromatic N) is 5. The van der Waals surface area contributed by atoms with Crippen LogP contribution < -0.4 is 10.6 Å². The first-order valence-corrected chi connectivity index (χ1v) is 10.3. The van der Waals surface area contributed by atoms with Gasteiger partial charge in [-0.15, -0.1) is 10.2 Å². The maximum atomic E-state index is 6.39. The van der Waals surface area contributed by atoms with Crippen molar-refractivity contribution in [3.8, 4) is 0 Å². The highest BCUT2D eigenvalue weighted by molar-refractivity contribution is 6.30. The fourth-order valence-electron chi connectivity index (χ4n) is 4.07. The number of aryl methyl sites for hydroxylation is 2. The molecule has 0 saturated carbocycles. The van der Waals surface area contributed by atoms with Gasteiger partial charge in [-0.1, -0.05) is 30.3 Å². The van der Waals surface area contributed by atoms with E-state index in [9.17, 15) is 0 Å². The van der Waals surface area contributed by atoms with Crippen LogP contribution in [0.15, 0.2) is 65.1 Å². The van der Waals surface area contributed by atoms with Gasteiger partial charge in [-0.05, 0) is 57.0 Å². The molecule has 2 N–H and O–H groups in total. The molecule has 1 saturated heterocycles. The molecule has 1 fully saturated rings. The minimum atomic E-state index is -0.154. The Morgan fingerprint density at radius 1 is 1.23 bits per heavy atom. The summed E-state index contributed by atoms with van der Waals surface area (Å²) in [5.41, 5.74) is 13.7. The van der Waals surface area contributed by atoms with Crippen molar-refractivity contribution in [2.45, 2.75) is 33.7 Å². The van der Waals surface area contributed by atoms with Gasteiger partial charge in [-0.25, -0.2) is 0 Å². The number of hydrogen-bond donors (Lipinski definition) is 1. The zero-order valence-corrected chi connectivity index (χ0v) is 18.4. The standard InChI is InChI=1S/C23H25ClN6/c1-6-26-21-15(4)30(19-11-13(2)23-28-27-16(5)29(23)12-19)22(20(21)14(3)25)17-7-9-18(24)10-8-17/h7-12,22H,4,6,25H2,1-3,5H3. The molecule has 1 unspecified atom stereocenters. The van der Waals surface area contributed by atoms with Crippen molar-refractivity contribution >= 4 is 28.6 Å². The van der Waals surface area contributed by atoms with Crippen molar-refractivity contribution in [2.24, 2.45) is 10.7 Å². The summed E-state index contributed by atoms with van der Waals surface area (Å²) in [6.45, 7) is 13.0. The van der Waals surface area contributed by atoms with Gasteiger partial charge in [0.1, 0.15) is 5.82 Å². The first kappa shape index (κ1) is 20.2. The number of aromatic nitrogens is 3. The van der Waals surface area contributed by atoms with Crippen LogP contribution >= 0.6 is 11.6 Å². The molecule has 0 bridgehead atoms. The highest BCUT2D eigenvalue weighted by Gasteiger charge is 2.40. The highest BCUT2D eigenvalue weighted by Crippen LogP contribution is 2.45. The monoisotopic (exact) mass is 420 g/mol. The van der Waals surface area contributed by atoms with Crippen molar-refractivity contribution in [1.29, 1.82) is 0 Å². The zero-order valence-electron chi connectivity index (χ0n) is 17.6. The average Bonchev–Trinajstić information content (AvgIpc) is 3.21. The van der Waals surface area contributed by atoms with Gasteiger partial charge in [0.15, 0.2) is 5.65 Å². The number of aliphatic imine (C=N–C) groups is 1. The van der Waals surface area contributed by atoms with E-state index in [0.717, 1.165) is 51.0 Å². The van der Waals surface area contributed by atoms with Crippen LogP contribution in [0.2, 0.25) is 5.02 Å². The minimum Gasteiger partial charge on any atom is -0.402 e. The Bertz CT molecular complexity index is 1200. The number of anilines is 1. The van der Waals surface area contributed by atoms with E-state index in [2.05, 4.69) is 27.7 Å². The molecule has 1 atom stereocenters. The normalized spacial score (nSPS) is 19.9. The summed E-state index contributed by atoms with van der Waals surface area (Å²) in [5, 5.41) is 9.20. The van der Waals surface area contributed by atoms with Crippen LogP contribution in [0.25, 0.3) is 5.65 Å². The molecule has 4 rings (SSSR count). The largest absolute Gasteiger partial charge is 0.402 e. The van der Waals surface area contributed by atoms with Crippen LogP contribution in [0, 0.1) is 13.8 Å². The number of hydrogen-bond acceptors (Lipinski definition) is 5. The lowest BCUT2D eigenvalue weighted by Gasteiger charge is -2.28. The van der Waals surface area contributed by atoms with E-state index in [0.29, 0.717) is 11.6 Å². The van der Waals surface area contributed by atoms with Gasteiger partial charge >= 0.3 is 0 Å². The lowest BCUT2D eigenvalue weighted by atomic mass is 9.96. The van der Waals surface area contributed by atoms with E-state index < -0.39 is 0 Å². The molecule has 0 spiro atoms. The molecule has 154 valence electrons. The van der Waals surface area contributed by atoms with Gasteiger partial charge in [0, 0.05) is 29.0 Å². The van der Waals surface area contributed by atoms with Gasteiger partial charge in [0.05, 0.1) is 23.1 Å². The van der Waals surface area contributed by atoms with E-state index in [4.69, 9.17) is 22.3 Å². The van der Waals surface area contributed by atoms with E-state index in [1.807, 2.05) is 62.6 Å². The van der Waals surface area contributed by atoms with E-state index in [-0.39, 0.29) is 6.04 Å². The van der Waals surface area contributed by atoms with Crippen LogP contribution in [0.1, 0.15) is 36.8 Å². The van der Waals surface area contributed by atoms with Crippen LogP contribution in [-0.4, -0.2) is 26.9 Å². The van der Waals surface area contributed by atoms with Crippen LogP contribution in [0.3, 0.4) is 0 Å². The third kappa shape index (κ3) is 3.17. The molecule has 0 radical (unpaired) electrons.